The van der Waals surface area contributed by atoms with E-state index in [1.165, 1.54) is 44.9 Å². The van der Waals surface area contributed by atoms with Crippen molar-refractivity contribution in [3.8, 4) is 22.6 Å². The number of hydrogen-bond acceptors (Lipinski definition) is 3. The van der Waals surface area contributed by atoms with Gasteiger partial charge in [-0.3, -0.25) is 0 Å². The van der Waals surface area contributed by atoms with Gasteiger partial charge in [-0.15, -0.1) is 0 Å². The fourth-order valence-electron chi connectivity index (χ4n) is 4.71. The molecular weight excluding hydrogens is 388 g/mol. The monoisotopic (exact) mass is 424 g/mol. The van der Waals surface area contributed by atoms with Crippen molar-refractivity contribution in [2.75, 3.05) is 13.2 Å². The van der Waals surface area contributed by atoms with Gasteiger partial charge in [0, 0.05) is 0 Å². The third-order valence-electron chi connectivity index (χ3n) is 6.39. The van der Waals surface area contributed by atoms with Crippen molar-refractivity contribution in [1.29, 1.82) is 0 Å². The largest absolute Gasteiger partial charge is 0.494 e. The van der Waals surface area contributed by atoms with E-state index < -0.39 is 5.97 Å². The van der Waals surface area contributed by atoms with E-state index in [1.54, 1.807) is 18.2 Å². The molecule has 0 spiro atoms. The molecule has 4 heteroatoms. The van der Waals surface area contributed by atoms with Crippen LogP contribution in [0.3, 0.4) is 0 Å². The molecule has 0 atom stereocenters. The van der Waals surface area contributed by atoms with Gasteiger partial charge in [-0.2, -0.15) is 0 Å². The van der Waals surface area contributed by atoms with Crippen LogP contribution in [-0.4, -0.2) is 24.3 Å². The number of carboxylic acid groups (broad SMARTS) is 1. The minimum atomic E-state index is -0.942. The first-order valence-corrected chi connectivity index (χ1v) is 11.8. The van der Waals surface area contributed by atoms with Crippen molar-refractivity contribution in [1.82, 2.24) is 0 Å². The molecule has 3 rings (SSSR count). The van der Waals surface area contributed by atoms with Crippen molar-refractivity contribution in [3.63, 3.8) is 0 Å². The fourth-order valence-corrected chi connectivity index (χ4v) is 4.71. The lowest BCUT2D eigenvalue weighted by Gasteiger charge is -2.28. The summed E-state index contributed by atoms with van der Waals surface area (Å²) in [6.07, 6.45) is 10.6. The molecule has 0 amide bonds. The van der Waals surface area contributed by atoms with E-state index in [0.717, 1.165) is 36.2 Å². The summed E-state index contributed by atoms with van der Waals surface area (Å²) in [7, 11) is 0. The van der Waals surface area contributed by atoms with Crippen LogP contribution in [0.4, 0.5) is 0 Å². The van der Waals surface area contributed by atoms with Gasteiger partial charge in [-0.1, -0.05) is 57.6 Å². The van der Waals surface area contributed by atoms with Crippen LogP contribution < -0.4 is 9.47 Å². The van der Waals surface area contributed by atoms with E-state index in [1.807, 2.05) is 31.2 Å². The molecular formula is C27H36O4. The Morgan fingerprint density at radius 1 is 0.903 bits per heavy atom. The normalized spacial score (nSPS) is 18.5. The third-order valence-corrected chi connectivity index (χ3v) is 6.39. The number of carboxylic acids is 1. The quantitative estimate of drug-likeness (QED) is 0.387. The van der Waals surface area contributed by atoms with Gasteiger partial charge >= 0.3 is 5.97 Å². The number of hydrogen-bond donors (Lipinski definition) is 1. The molecule has 2 aromatic rings. The molecule has 1 N–H and O–H groups in total. The Bertz CT molecular complexity index is 820. The summed E-state index contributed by atoms with van der Waals surface area (Å²) in [6.45, 7) is 5.47. The third kappa shape index (κ3) is 6.75. The molecule has 1 aliphatic carbocycles. The summed E-state index contributed by atoms with van der Waals surface area (Å²) in [5.74, 6) is 2.39. The predicted molar refractivity (Wildman–Crippen MR) is 125 cm³/mol. The molecule has 0 aromatic heterocycles. The second-order valence-electron chi connectivity index (χ2n) is 8.64. The molecule has 0 unspecified atom stereocenters. The van der Waals surface area contributed by atoms with Gasteiger partial charge < -0.3 is 14.6 Å². The van der Waals surface area contributed by atoms with Crippen molar-refractivity contribution in [2.24, 2.45) is 11.8 Å². The highest BCUT2D eigenvalue weighted by molar-refractivity contribution is 5.96. The van der Waals surface area contributed by atoms with E-state index in [-0.39, 0.29) is 5.56 Å². The lowest BCUT2D eigenvalue weighted by atomic mass is 9.78. The van der Waals surface area contributed by atoms with Crippen molar-refractivity contribution in [2.45, 2.75) is 65.2 Å². The van der Waals surface area contributed by atoms with Crippen LogP contribution in [0.5, 0.6) is 11.5 Å². The Hall–Kier alpha value is -2.49. The van der Waals surface area contributed by atoms with Crippen molar-refractivity contribution in [3.05, 3.63) is 48.0 Å². The van der Waals surface area contributed by atoms with Crippen molar-refractivity contribution >= 4 is 5.97 Å². The number of ether oxygens (including phenoxy) is 2. The zero-order valence-corrected chi connectivity index (χ0v) is 18.9. The molecule has 0 radical (unpaired) electrons. The van der Waals surface area contributed by atoms with Gasteiger partial charge in [0.15, 0.2) is 0 Å². The molecule has 168 valence electrons. The molecule has 0 heterocycles. The van der Waals surface area contributed by atoms with Crippen LogP contribution in [0.2, 0.25) is 0 Å². The number of rotatable bonds is 11. The number of carbonyl (C=O) groups is 1. The standard InChI is InChI=1S/C27H36O4/c1-3-6-20-8-10-21(11-9-20)7-5-18-31-23-14-12-22(13-15-23)26-19-24(30-4-2)16-17-25(26)27(28)29/h12-17,19-21H,3-11,18H2,1-2H3,(H,28,29). The highest BCUT2D eigenvalue weighted by Gasteiger charge is 2.20. The topological polar surface area (TPSA) is 55.8 Å². The van der Waals surface area contributed by atoms with Crippen LogP contribution in [0, 0.1) is 11.8 Å². The average molecular weight is 425 g/mol. The minimum absolute atomic E-state index is 0.269. The fraction of sp³-hybridized carbons (Fsp3) is 0.519. The number of benzene rings is 2. The summed E-state index contributed by atoms with van der Waals surface area (Å²) in [5.41, 5.74) is 1.77. The first-order chi connectivity index (χ1) is 15.1. The van der Waals surface area contributed by atoms with Crippen molar-refractivity contribution < 1.29 is 19.4 Å². The molecule has 0 bridgehead atoms. The molecule has 1 fully saturated rings. The SMILES string of the molecule is CCCC1CCC(CCCOc2ccc(-c3cc(OCC)ccc3C(=O)O)cc2)CC1. The zero-order valence-electron chi connectivity index (χ0n) is 18.9. The molecule has 0 aliphatic heterocycles. The van der Waals surface area contributed by atoms with Gasteiger partial charge in [0.1, 0.15) is 11.5 Å². The van der Waals surface area contributed by atoms with Crippen LogP contribution >= 0.6 is 0 Å². The summed E-state index contributed by atoms with van der Waals surface area (Å²) in [5, 5.41) is 9.53. The minimum Gasteiger partial charge on any atom is -0.494 e. The Morgan fingerprint density at radius 2 is 1.55 bits per heavy atom. The first-order valence-electron chi connectivity index (χ1n) is 11.8. The van der Waals surface area contributed by atoms with E-state index in [2.05, 4.69) is 6.92 Å². The molecule has 0 saturated heterocycles. The van der Waals surface area contributed by atoms with E-state index in [4.69, 9.17) is 9.47 Å². The van der Waals surface area contributed by atoms with Gasteiger partial charge in [-0.05, 0) is 73.1 Å². The Morgan fingerprint density at radius 3 is 2.16 bits per heavy atom. The highest BCUT2D eigenvalue weighted by Crippen LogP contribution is 2.34. The maximum absolute atomic E-state index is 11.6. The van der Waals surface area contributed by atoms with Gasteiger partial charge in [0.05, 0.1) is 18.8 Å². The highest BCUT2D eigenvalue weighted by atomic mass is 16.5. The van der Waals surface area contributed by atoms with E-state index in [9.17, 15) is 9.90 Å². The summed E-state index contributed by atoms with van der Waals surface area (Å²) < 4.78 is 11.5. The smallest absolute Gasteiger partial charge is 0.336 e. The molecule has 2 aromatic carbocycles. The Labute approximate surface area is 186 Å². The molecule has 1 aliphatic rings. The second kappa shape index (κ2) is 11.8. The van der Waals surface area contributed by atoms with Gasteiger partial charge in [-0.25, -0.2) is 4.79 Å². The van der Waals surface area contributed by atoms with Gasteiger partial charge in [0.2, 0.25) is 0 Å². The second-order valence-corrected chi connectivity index (χ2v) is 8.64. The lowest BCUT2D eigenvalue weighted by Crippen LogP contribution is -2.15. The lowest BCUT2D eigenvalue weighted by molar-refractivity contribution is 0.0697. The van der Waals surface area contributed by atoms with Gasteiger partial charge in [0.25, 0.3) is 0 Å². The average Bonchev–Trinajstić information content (AvgIpc) is 2.78. The Kier molecular flexibility index (Phi) is 8.81. The Balaban J connectivity index is 1.51. The predicted octanol–water partition coefficient (Wildman–Crippen LogP) is 7.22. The zero-order chi connectivity index (χ0) is 22.1. The van der Waals surface area contributed by atoms with E-state index >= 15 is 0 Å². The van der Waals surface area contributed by atoms with Crippen LogP contribution in [0.1, 0.15) is 75.6 Å². The summed E-state index contributed by atoms with van der Waals surface area (Å²) >= 11 is 0. The molecule has 1 saturated carbocycles. The maximum atomic E-state index is 11.6. The van der Waals surface area contributed by atoms with Crippen LogP contribution in [-0.2, 0) is 0 Å². The van der Waals surface area contributed by atoms with Crippen LogP contribution in [0.25, 0.3) is 11.1 Å². The summed E-state index contributed by atoms with van der Waals surface area (Å²) in [6, 6.07) is 12.8. The van der Waals surface area contributed by atoms with Crippen LogP contribution in [0.15, 0.2) is 42.5 Å². The number of aromatic carboxylic acids is 1. The van der Waals surface area contributed by atoms with E-state index in [0.29, 0.717) is 17.9 Å². The summed E-state index contributed by atoms with van der Waals surface area (Å²) in [4.78, 5) is 11.6. The molecule has 4 nitrogen and oxygen atoms in total. The molecule has 31 heavy (non-hydrogen) atoms. The first kappa shape index (κ1) is 23.2. The maximum Gasteiger partial charge on any atom is 0.336 e.